The minimum Gasteiger partial charge on any atom is -0.313 e. The minimum absolute atomic E-state index is 0.0992. The van der Waals surface area contributed by atoms with Gasteiger partial charge < -0.3 is 5.32 Å². The topological polar surface area (TPSA) is 90.1 Å². The fraction of sp³-hybridized carbons (Fsp3) is 0.625. The molecule has 1 heterocycles. The first kappa shape index (κ1) is 13.1. The minimum atomic E-state index is -3.56. The van der Waals surface area contributed by atoms with Gasteiger partial charge in [-0.3, -0.25) is 5.10 Å². The molecule has 0 bridgehead atoms. The summed E-state index contributed by atoms with van der Waals surface area (Å²) < 4.78 is 23.7. The standard InChI is InChI=1S/C8H17N5O2S/c1-4-9-5-7-6-10-11-8(7)16(14,15)12-13(2)3/h6,9,12H,4-5H2,1-3H3,(H,10,11). The highest BCUT2D eigenvalue weighted by Gasteiger charge is 2.20. The van der Waals surface area contributed by atoms with Crippen LogP contribution in [0.1, 0.15) is 12.5 Å². The second-order valence-electron chi connectivity index (χ2n) is 3.49. The van der Waals surface area contributed by atoms with E-state index in [1.165, 1.54) is 11.2 Å². The third-order valence-electron chi connectivity index (χ3n) is 1.82. The maximum absolute atomic E-state index is 11.8. The van der Waals surface area contributed by atoms with E-state index in [1.54, 1.807) is 14.1 Å². The number of H-pyrrole nitrogens is 1. The maximum atomic E-state index is 11.8. The van der Waals surface area contributed by atoms with Gasteiger partial charge in [-0.25, -0.2) is 13.4 Å². The summed E-state index contributed by atoms with van der Waals surface area (Å²) in [5, 5.41) is 10.8. The van der Waals surface area contributed by atoms with E-state index in [4.69, 9.17) is 0 Å². The highest BCUT2D eigenvalue weighted by Crippen LogP contribution is 2.11. The van der Waals surface area contributed by atoms with Gasteiger partial charge in [0.05, 0.1) is 6.20 Å². The summed E-state index contributed by atoms with van der Waals surface area (Å²) in [5.74, 6) is 0. The van der Waals surface area contributed by atoms with Crippen LogP contribution in [-0.2, 0) is 16.6 Å². The molecule has 0 amide bonds. The molecule has 1 rings (SSSR count). The Morgan fingerprint density at radius 2 is 2.19 bits per heavy atom. The molecule has 92 valence electrons. The number of hydrogen-bond acceptors (Lipinski definition) is 5. The van der Waals surface area contributed by atoms with Gasteiger partial charge in [-0.2, -0.15) is 5.10 Å². The van der Waals surface area contributed by atoms with Crippen molar-refractivity contribution in [2.75, 3.05) is 20.6 Å². The average Bonchev–Trinajstić information content (AvgIpc) is 2.61. The summed E-state index contributed by atoms with van der Waals surface area (Å²) in [5.41, 5.74) is 0.621. The molecular formula is C8H17N5O2S. The largest absolute Gasteiger partial charge is 0.313 e. The molecule has 0 aliphatic heterocycles. The molecule has 0 atom stereocenters. The average molecular weight is 247 g/mol. The Hall–Kier alpha value is -0.960. The molecule has 0 saturated heterocycles. The number of nitrogens with zero attached hydrogens (tertiary/aromatic N) is 2. The Morgan fingerprint density at radius 1 is 1.50 bits per heavy atom. The highest BCUT2D eigenvalue weighted by molar-refractivity contribution is 7.89. The molecule has 0 aromatic carbocycles. The van der Waals surface area contributed by atoms with Crippen LogP contribution in [0.4, 0.5) is 0 Å². The van der Waals surface area contributed by atoms with Gasteiger partial charge in [-0.1, -0.05) is 6.92 Å². The van der Waals surface area contributed by atoms with Gasteiger partial charge in [-0.15, -0.1) is 4.83 Å². The predicted octanol–water partition coefficient (Wildman–Crippen LogP) is -0.726. The molecule has 16 heavy (non-hydrogen) atoms. The van der Waals surface area contributed by atoms with Crippen LogP contribution in [0, 0.1) is 0 Å². The van der Waals surface area contributed by atoms with Crippen LogP contribution in [-0.4, -0.2) is 44.3 Å². The Morgan fingerprint density at radius 3 is 2.75 bits per heavy atom. The molecule has 0 fully saturated rings. The van der Waals surface area contributed by atoms with Crippen LogP contribution in [0.2, 0.25) is 0 Å². The Labute approximate surface area is 95.2 Å². The molecule has 1 aromatic heterocycles. The smallest absolute Gasteiger partial charge is 0.270 e. The van der Waals surface area contributed by atoms with Crippen molar-refractivity contribution in [3.05, 3.63) is 11.8 Å². The zero-order valence-corrected chi connectivity index (χ0v) is 10.4. The number of aromatic amines is 1. The lowest BCUT2D eigenvalue weighted by atomic mass is 10.3. The van der Waals surface area contributed by atoms with E-state index in [0.717, 1.165) is 6.54 Å². The summed E-state index contributed by atoms with van der Waals surface area (Å²) in [6.45, 7) is 3.19. The van der Waals surface area contributed by atoms with Crippen LogP contribution in [0.5, 0.6) is 0 Å². The fourth-order valence-corrected chi connectivity index (χ4v) is 2.42. The van der Waals surface area contributed by atoms with Crippen LogP contribution < -0.4 is 10.1 Å². The Kier molecular flexibility index (Phi) is 4.42. The van der Waals surface area contributed by atoms with Gasteiger partial charge in [0.2, 0.25) is 0 Å². The first-order valence-electron chi connectivity index (χ1n) is 4.90. The number of sulfonamides is 1. The van der Waals surface area contributed by atoms with E-state index in [9.17, 15) is 8.42 Å². The van der Waals surface area contributed by atoms with Crippen molar-refractivity contribution in [1.29, 1.82) is 0 Å². The second-order valence-corrected chi connectivity index (χ2v) is 5.09. The lowest BCUT2D eigenvalue weighted by Gasteiger charge is -2.12. The molecule has 8 heteroatoms. The lowest BCUT2D eigenvalue weighted by Crippen LogP contribution is -2.36. The molecule has 0 spiro atoms. The molecule has 0 aliphatic carbocycles. The Balaban J connectivity index is 2.90. The first-order chi connectivity index (χ1) is 7.47. The fourth-order valence-electron chi connectivity index (χ4n) is 1.20. The summed E-state index contributed by atoms with van der Waals surface area (Å²) in [6.07, 6.45) is 1.51. The molecule has 1 aromatic rings. The molecule has 0 radical (unpaired) electrons. The monoisotopic (exact) mass is 247 g/mol. The van der Waals surface area contributed by atoms with Gasteiger partial charge in [0, 0.05) is 26.2 Å². The third kappa shape index (κ3) is 3.27. The molecule has 0 unspecified atom stereocenters. The van der Waals surface area contributed by atoms with Crippen LogP contribution in [0.3, 0.4) is 0 Å². The first-order valence-corrected chi connectivity index (χ1v) is 6.38. The quantitative estimate of drug-likeness (QED) is 0.577. The van der Waals surface area contributed by atoms with Crippen molar-refractivity contribution in [3.8, 4) is 0 Å². The van der Waals surface area contributed by atoms with Crippen molar-refractivity contribution in [2.45, 2.75) is 18.5 Å². The second kappa shape index (κ2) is 5.39. The molecular weight excluding hydrogens is 230 g/mol. The zero-order valence-electron chi connectivity index (χ0n) is 9.61. The van der Waals surface area contributed by atoms with Gasteiger partial charge in [-0.05, 0) is 6.54 Å². The van der Waals surface area contributed by atoms with Crippen molar-refractivity contribution >= 4 is 10.0 Å². The van der Waals surface area contributed by atoms with Gasteiger partial charge in [0.15, 0.2) is 5.03 Å². The van der Waals surface area contributed by atoms with Crippen LogP contribution in [0.25, 0.3) is 0 Å². The van der Waals surface area contributed by atoms with E-state index in [-0.39, 0.29) is 5.03 Å². The summed E-state index contributed by atoms with van der Waals surface area (Å²) in [7, 11) is -0.341. The molecule has 0 aliphatic rings. The van der Waals surface area contributed by atoms with Crippen LogP contribution in [0.15, 0.2) is 11.2 Å². The molecule has 0 saturated carbocycles. The van der Waals surface area contributed by atoms with Crippen molar-refractivity contribution in [2.24, 2.45) is 0 Å². The van der Waals surface area contributed by atoms with Crippen molar-refractivity contribution in [1.82, 2.24) is 25.4 Å². The van der Waals surface area contributed by atoms with E-state index >= 15 is 0 Å². The van der Waals surface area contributed by atoms with Gasteiger partial charge in [0.1, 0.15) is 0 Å². The normalized spacial score (nSPS) is 12.2. The van der Waals surface area contributed by atoms with E-state index < -0.39 is 10.0 Å². The molecule has 3 N–H and O–H groups in total. The number of rotatable bonds is 6. The van der Waals surface area contributed by atoms with E-state index in [2.05, 4.69) is 20.3 Å². The number of nitrogens with one attached hydrogen (secondary N) is 3. The number of hydrazine groups is 1. The maximum Gasteiger partial charge on any atom is 0.270 e. The summed E-state index contributed by atoms with van der Waals surface area (Å²) in [4.78, 5) is 2.34. The summed E-state index contributed by atoms with van der Waals surface area (Å²) in [6, 6.07) is 0. The lowest BCUT2D eigenvalue weighted by molar-refractivity contribution is 0.363. The number of hydrogen-bond donors (Lipinski definition) is 3. The van der Waals surface area contributed by atoms with E-state index in [0.29, 0.717) is 12.1 Å². The zero-order chi connectivity index (χ0) is 12.2. The van der Waals surface area contributed by atoms with Gasteiger partial charge >= 0.3 is 0 Å². The van der Waals surface area contributed by atoms with E-state index in [1.807, 2.05) is 6.92 Å². The van der Waals surface area contributed by atoms with Crippen molar-refractivity contribution < 1.29 is 8.42 Å². The SMILES string of the molecule is CCNCc1cn[nH]c1S(=O)(=O)NN(C)C. The van der Waals surface area contributed by atoms with Gasteiger partial charge in [0.25, 0.3) is 10.0 Å². The summed E-state index contributed by atoms with van der Waals surface area (Å²) >= 11 is 0. The Bertz CT molecular complexity index is 425. The molecule has 7 nitrogen and oxygen atoms in total. The van der Waals surface area contributed by atoms with Crippen molar-refractivity contribution in [3.63, 3.8) is 0 Å². The highest BCUT2D eigenvalue weighted by atomic mass is 32.2. The van der Waals surface area contributed by atoms with Crippen LogP contribution >= 0.6 is 0 Å². The third-order valence-corrected chi connectivity index (χ3v) is 3.31. The number of aromatic nitrogens is 2. The predicted molar refractivity (Wildman–Crippen MR) is 60.0 cm³/mol.